The number of esters is 2. The number of carbonyl (C=O) groups excluding carboxylic acids is 4. The summed E-state index contributed by atoms with van der Waals surface area (Å²) in [6, 6.07) is 34.1. The lowest BCUT2D eigenvalue weighted by Gasteiger charge is -2.09. The third-order valence-electron chi connectivity index (χ3n) is 6.60. The van der Waals surface area contributed by atoms with Crippen LogP contribution in [0.15, 0.2) is 144 Å². The molecule has 0 saturated heterocycles. The minimum absolute atomic E-state index is 0.00873. The number of carbonyl (C=O) groups is 4. The molecule has 6 rings (SSSR count). The van der Waals surface area contributed by atoms with Crippen molar-refractivity contribution in [2.45, 2.75) is 0 Å². The molecule has 0 radical (unpaired) electrons. The van der Waals surface area contributed by atoms with Crippen LogP contribution in [-0.2, 0) is 19.1 Å². The van der Waals surface area contributed by atoms with Crippen molar-refractivity contribution < 1.29 is 28.7 Å². The molecule has 0 spiro atoms. The number of Topliss-reactive ketones (excluding diaryl/α,β-unsaturated/α-hetero) is 2. The summed E-state index contributed by atoms with van der Waals surface area (Å²) in [6.07, 6.45) is 0. The van der Waals surface area contributed by atoms with E-state index in [1.54, 1.807) is 121 Å². The Kier molecular flexibility index (Phi) is 6.34. The van der Waals surface area contributed by atoms with Crippen LogP contribution in [0.1, 0.15) is 31.8 Å². The zero-order chi connectivity index (χ0) is 27.6. The van der Waals surface area contributed by atoms with Crippen LogP contribution in [0.25, 0.3) is 11.5 Å². The zero-order valence-electron chi connectivity index (χ0n) is 21.0. The summed E-state index contributed by atoms with van der Waals surface area (Å²) >= 11 is 0. The van der Waals surface area contributed by atoms with Crippen molar-refractivity contribution in [2.75, 3.05) is 0 Å². The first-order chi connectivity index (χ1) is 19.5. The highest BCUT2D eigenvalue weighted by Crippen LogP contribution is 2.44. The average molecular weight is 525 g/mol. The van der Waals surface area contributed by atoms with Crippen LogP contribution in [0, 0.1) is 0 Å². The minimum Gasteiger partial charge on any atom is -0.421 e. The summed E-state index contributed by atoms with van der Waals surface area (Å²) in [6.45, 7) is 0. The predicted octanol–water partition coefficient (Wildman–Crippen LogP) is 5.99. The lowest BCUT2D eigenvalue weighted by molar-refractivity contribution is -0.133. The number of cyclic esters (lactones) is 2. The number of hydrogen-bond acceptors (Lipinski definition) is 6. The molecular weight excluding hydrogens is 504 g/mol. The Labute approximate surface area is 229 Å². The molecule has 2 aliphatic heterocycles. The summed E-state index contributed by atoms with van der Waals surface area (Å²) in [7, 11) is 0. The van der Waals surface area contributed by atoms with Crippen molar-refractivity contribution in [1.29, 1.82) is 0 Å². The van der Waals surface area contributed by atoms with Gasteiger partial charge in [-0.3, -0.25) is 9.59 Å². The fourth-order valence-electron chi connectivity index (χ4n) is 4.76. The monoisotopic (exact) mass is 524 g/mol. The molecule has 4 aromatic rings. The first-order valence-corrected chi connectivity index (χ1v) is 12.5. The van der Waals surface area contributed by atoms with Crippen molar-refractivity contribution in [3.8, 4) is 0 Å². The lowest BCUT2D eigenvalue weighted by atomic mass is 9.86. The van der Waals surface area contributed by atoms with Gasteiger partial charge in [-0.2, -0.15) is 0 Å². The van der Waals surface area contributed by atoms with Gasteiger partial charge in [-0.25, -0.2) is 9.59 Å². The Balaban J connectivity index is 1.66. The largest absolute Gasteiger partial charge is 0.421 e. The summed E-state index contributed by atoms with van der Waals surface area (Å²) in [5.74, 6) is -2.88. The minimum atomic E-state index is -0.919. The first-order valence-electron chi connectivity index (χ1n) is 12.5. The van der Waals surface area contributed by atoms with Crippen molar-refractivity contribution in [3.63, 3.8) is 0 Å². The van der Waals surface area contributed by atoms with E-state index in [2.05, 4.69) is 0 Å². The predicted molar refractivity (Wildman–Crippen MR) is 147 cm³/mol. The summed E-state index contributed by atoms with van der Waals surface area (Å²) in [4.78, 5) is 55.1. The van der Waals surface area contributed by atoms with Crippen LogP contribution in [0.3, 0.4) is 0 Å². The van der Waals surface area contributed by atoms with E-state index in [1.165, 1.54) is 0 Å². The van der Waals surface area contributed by atoms with Crippen molar-refractivity contribution in [1.82, 2.24) is 0 Å². The molecule has 6 heteroatoms. The Morgan fingerprint density at radius 2 is 0.725 bits per heavy atom. The molecular formula is C34H20O6. The maximum atomic E-state index is 14.0. The summed E-state index contributed by atoms with van der Waals surface area (Å²) in [5, 5.41) is 0. The molecule has 192 valence electrons. The third kappa shape index (κ3) is 4.27. The van der Waals surface area contributed by atoms with Crippen LogP contribution < -0.4 is 0 Å². The van der Waals surface area contributed by atoms with Gasteiger partial charge in [0.15, 0.2) is 23.1 Å². The van der Waals surface area contributed by atoms with Crippen molar-refractivity contribution >= 4 is 35.0 Å². The van der Waals surface area contributed by atoms with Crippen LogP contribution in [0.4, 0.5) is 0 Å². The number of ketones is 2. The van der Waals surface area contributed by atoms with Crippen molar-refractivity contribution in [2.24, 2.45) is 0 Å². The van der Waals surface area contributed by atoms with Gasteiger partial charge < -0.3 is 9.47 Å². The van der Waals surface area contributed by atoms with E-state index in [9.17, 15) is 19.2 Å². The maximum absolute atomic E-state index is 14.0. The van der Waals surface area contributed by atoms with Gasteiger partial charge in [-0.05, 0) is 0 Å². The van der Waals surface area contributed by atoms with Gasteiger partial charge >= 0.3 is 11.9 Å². The number of ether oxygens (including phenoxy) is 2. The topological polar surface area (TPSA) is 86.7 Å². The van der Waals surface area contributed by atoms with E-state index in [0.29, 0.717) is 11.1 Å². The summed E-state index contributed by atoms with van der Waals surface area (Å²) < 4.78 is 11.3. The van der Waals surface area contributed by atoms with Crippen LogP contribution in [0.2, 0.25) is 0 Å². The number of rotatable bonds is 6. The molecule has 0 aliphatic carbocycles. The smallest absolute Gasteiger partial charge is 0.345 e. The van der Waals surface area contributed by atoms with Crippen LogP contribution >= 0.6 is 0 Å². The normalized spacial score (nSPS) is 16.7. The SMILES string of the molecule is O=C1OC(c2ccccc2)=C(C(=O)c2ccccc2)/C1=C1/C(=O)OC(c2ccccc2)=C1C(=O)c1ccccc1. The van der Waals surface area contributed by atoms with Crippen LogP contribution in [-0.4, -0.2) is 23.5 Å². The van der Waals surface area contributed by atoms with Gasteiger partial charge in [0, 0.05) is 22.3 Å². The van der Waals surface area contributed by atoms with Gasteiger partial charge in [-0.15, -0.1) is 0 Å². The van der Waals surface area contributed by atoms with Gasteiger partial charge in [0.25, 0.3) is 0 Å². The van der Waals surface area contributed by atoms with Gasteiger partial charge in [0.1, 0.15) is 0 Å². The van der Waals surface area contributed by atoms with E-state index < -0.39 is 23.5 Å². The van der Waals surface area contributed by atoms with Gasteiger partial charge in [0.05, 0.1) is 22.3 Å². The lowest BCUT2D eigenvalue weighted by Crippen LogP contribution is -2.16. The van der Waals surface area contributed by atoms with Gasteiger partial charge in [-0.1, -0.05) is 121 Å². The third-order valence-corrected chi connectivity index (χ3v) is 6.60. The molecule has 0 fully saturated rings. The molecule has 4 aromatic carbocycles. The highest BCUT2D eigenvalue weighted by molar-refractivity contribution is 6.32. The first kappa shape index (κ1) is 24.7. The second-order valence-electron chi connectivity index (χ2n) is 9.06. The van der Waals surface area contributed by atoms with E-state index in [1.807, 2.05) is 0 Å². The fourth-order valence-corrected chi connectivity index (χ4v) is 4.76. The highest BCUT2D eigenvalue weighted by Gasteiger charge is 2.46. The van der Waals surface area contributed by atoms with Crippen LogP contribution in [0.5, 0.6) is 0 Å². The quantitative estimate of drug-likeness (QED) is 0.175. The molecule has 0 N–H and O–H groups in total. The molecule has 40 heavy (non-hydrogen) atoms. The Hall–Kier alpha value is -5.62. The highest BCUT2D eigenvalue weighted by atomic mass is 16.6. The average Bonchev–Trinajstić information content (AvgIpc) is 3.54. The second-order valence-corrected chi connectivity index (χ2v) is 9.06. The van der Waals surface area contributed by atoms with Crippen molar-refractivity contribution in [3.05, 3.63) is 166 Å². The number of benzene rings is 4. The molecule has 0 bridgehead atoms. The second kappa shape index (κ2) is 10.3. The van der Waals surface area contributed by atoms with E-state index in [-0.39, 0.29) is 44.9 Å². The Morgan fingerprint density at radius 3 is 1.05 bits per heavy atom. The Morgan fingerprint density at radius 1 is 0.425 bits per heavy atom. The molecule has 0 aromatic heterocycles. The molecule has 2 heterocycles. The molecule has 0 unspecified atom stereocenters. The molecule has 0 amide bonds. The fraction of sp³-hybridized carbons (Fsp3) is 0. The Bertz CT molecular complexity index is 1630. The standard InChI is InChI=1S/C34H20O6/c35-29(21-13-5-1-6-14-21)27-25(33(37)39-31(27)23-17-9-3-10-18-23)26-28(30(36)22-15-7-2-8-16-22)32(40-34(26)38)24-19-11-4-12-20-24/h1-20H/b26-25-. The molecule has 2 aliphatic rings. The molecule has 0 saturated carbocycles. The molecule has 6 nitrogen and oxygen atoms in total. The van der Waals surface area contributed by atoms with E-state index in [0.717, 1.165) is 0 Å². The van der Waals surface area contributed by atoms with Gasteiger partial charge in [0.2, 0.25) is 0 Å². The molecule has 0 atom stereocenters. The van der Waals surface area contributed by atoms with E-state index >= 15 is 0 Å². The van der Waals surface area contributed by atoms with E-state index in [4.69, 9.17) is 9.47 Å². The number of hydrogen-bond donors (Lipinski definition) is 0. The maximum Gasteiger partial charge on any atom is 0.345 e. The summed E-state index contributed by atoms with van der Waals surface area (Å²) in [5.41, 5.74) is 0.698. The zero-order valence-corrected chi connectivity index (χ0v) is 21.0.